The Morgan fingerprint density at radius 3 is 3.06 bits per heavy atom. The molecule has 0 aromatic heterocycles. The van der Waals surface area contributed by atoms with Crippen LogP contribution in [0.5, 0.6) is 11.5 Å². The normalized spacial score (nSPS) is 13.4. The highest BCUT2D eigenvalue weighted by atomic mass is 16.5. The summed E-state index contributed by atoms with van der Waals surface area (Å²) in [6.07, 6.45) is 2.93. The second-order valence-corrected chi connectivity index (χ2v) is 4.44. The number of nitrogens with one attached hydrogen (secondary N) is 1. The van der Waals surface area contributed by atoms with Gasteiger partial charge in [0.25, 0.3) is 0 Å². The lowest BCUT2D eigenvalue weighted by Gasteiger charge is -2.20. The molecule has 18 heavy (non-hydrogen) atoms. The van der Waals surface area contributed by atoms with Crippen molar-refractivity contribution in [1.82, 2.24) is 0 Å². The first-order valence-electron chi connectivity index (χ1n) is 6.41. The van der Waals surface area contributed by atoms with E-state index in [1.54, 1.807) is 0 Å². The van der Waals surface area contributed by atoms with E-state index < -0.39 is 0 Å². The third kappa shape index (κ3) is 2.94. The second kappa shape index (κ2) is 5.76. The standard InChI is InChI=1S/C14H19NO3/c1-3-6-17-14-9-13-11(5-4-7-18-13)8-12(14)15-10(2)16/h8-9H,3-7H2,1-2H3,(H,15,16). The minimum atomic E-state index is -0.0898. The van der Waals surface area contributed by atoms with Gasteiger partial charge in [-0.15, -0.1) is 0 Å². The fourth-order valence-electron chi connectivity index (χ4n) is 2.00. The zero-order valence-corrected chi connectivity index (χ0v) is 10.9. The van der Waals surface area contributed by atoms with Crippen LogP contribution in [-0.4, -0.2) is 19.1 Å². The van der Waals surface area contributed by atoms with Crippen molar-refractivity contribution in [3.63, 3.8) is 0 Å². The molecule has 0 radical (unpaired) electrons. The smallest absolute Gasteiger partial charge is 0.221 e. The molecule has 1 amide bonds. The van der Waals surface area contributed by atoms with E-state index in [0.717, 1.165) is 42.9 Å². The number of benzene rings is 1. The molecule has 0 fully saturated rings. The Labute approximate surface area is 107 Å². The number of fused-ring (bicyclic) bond motifs is 1. The van der Waals surface area contributed by atoms with Crippen LogP contribution in [-0.2, 0) is 11.2 Å². The van der Waals surface area contributed by atoms with E-state index in [1.165, 1.54) is 6.92 Å². The van der Waals surface area contributed by atoms with E-state index in [4.69, 9.17) is 9.47 Å². The molecule has 0 atom stereocenters. The first-order valence-corrected chi connectivity index (χ1v) is 6.41. The first-order chi connectivity index (χ1) is 8.70. The number of rotatable bonds is 4. The minimum absolute atomic E-state index is 0.0898. The predicted molar refractivity (Wildman–Crippen MR) is 70.3 cm³/mol. The zero-order valence-electron chi connectivity index (χ0n) is 10.9. The summed E-state index contributed by atoms with van der Waals surface area (Å²) in [5.74, 6) is 1.47. The highest BCUT2D eigenvalue weighted by molar-refractivity contribution is 5.90. The van der Waals surface area contributed by atoms with E-state index in [-0.39, 0.29) is 5.91 Å². The van der Waals surface area contributed by atoms with Crippen LogP contribution in [0.4, 0.5) is 5.69 Å². The van der Waals surface area contributed by atoms with Gasteiger partial charge in [0.2, 0.25) is 5.91 Å². The molecule has 0 saturated carbocycles. The Bertz CT molecular complexity index is 443. The van der Waals surface area contributed by atoms with Crippen molar-refractivity contribution >= 4 is 11.6 Å². The molecule has 4 nitrogen and oxygen atoms in total. The maximum Gasteiger partial charge on any atom is 0.221 e. The number of anilines is 1. The molecule has 1 heterocycles. The Morgan fingerprint density at radius 1 is 1.50 bits per heavy atom. The Morgan fingerprint density at radius 2 is 2.33 bits per heavy atom. The van der Waals surface area contributed by atoms with Gasteiger partial charge in [0.1, 0.15) is 11.5 Å². The van der Waals surface area contributed by atoms with Gasteiger partial charge in [0.05, 0.1) is 18.9 Å². The maximum atomic E-state index is 11.2. The fraction of sp³-hybridized carbons (Fsp3) is 0.500. The van der Waals surface area contributed by atoms with Crippen molar-refractivity contribution in [1.29, 1.82) is 0 Å². The van der Waals surface area contributed by atoms with E-state index in [1.807, 2.05) is 19.1 Å². The van der Waals surface area contributed by atoms with Crippen LogP contribution in [0.3, 0.4) is 0 Å². The van der Waals surface area contributed by atoms with E-state index in [9.17, 15) is 4.79 Å². The monoisotopic (exact) mass is 249 g/mol. The minimum Gasteiger partial charge on any atom is -0.493 e. The molecule has 0 spiro atoms. The van der Waals surface area contributed by atoms with Crippen molar-refractivity contribution < 1.29 is 14.3 Å². The molecule has 1 aliphatic heterocycles. The molecule has 1 aromatic carbocycles. The van der Waals surface area contributed by atoms with Crippen molar-refractivity contribution in [2.75, 3.05) is 18.5 Å². The molecule has 2 rings (SSSR count). The zero-order chi connectivity index (χ0) is 13.0. The van der Waals surface area contributed by atoms with Crippen LogP contribution in [0.15, 0.2) is 12.1 Å². The van der Waals surface area contributed by atoms with Gasteiger partial charge in [-0.1, -0.05) is 6.92 Å². The van der Waals surface area contributed by atoms with Crippen LogP contribution in [0.2, 0.25) is 0 Å². The SMILES string of the molecule is CCCOc1cc2c(cc1NC(C)=O)CCCO2. The average Bonchev–Trinajstić information content (AvgIpc) is 2.35. The number of ether oxygens (including phenoxy) is 2. The summed E-state index contributed by atoms with van der Waals surface area (Å²) in [4.78, 5) is 11.2. The van der Waals surface area contributed by atoms with Gasteiger partial charge >= 0.3 is 0 Å². The van der Waals surface area contributed by atoms with Crippen LogP contribution in [0.25, 0.3) is 0 Å². The predicted octanol–water partition coefficient (Wildman–Crippen LogP) is 2.76. The van der Waals surface area contributed by atoms with E-state index >= 15 is 0 Å². The van der Waals surface area contributed by atoms with Gasteiger partial charge in [0, 0.05) is 13.0 Å². The molecule has 98 valence electrons. The molecule has 4 heteroatoms. The van der Waals surface area contributed by atoms with Crippen LogP contribution in [0.1, 0.15) is 32.3 Å². The van der Waals surface area contributed by atoms with Crippen molar-refractivity contribution in [2.45, 2.75) is 33.1 Å². The molecular formula is C14H19NO3. The largest absolute Gasteiger partial charge is 0.493 e. The number of carbonyl (C=O) groups is 1. The molecule has 1 aromatic rings. The highest BCUT2D eigenvalue weighted by Gasteiger charge is 2.16. The molecule has 1 aliphatic rings. The van der Waals surface area contributed by atoms with Gasteiger partial charge in [-0.2, -0.15) is 0 Å². The Balaban J connectivity index is 2.30. The van der Waals surface area contributed by atoms with Gasteiger partial charge in [-0.3, -0.25) is 4.79 Å². The molecule has 1 N–H and O–H groups in total. The lowest BCUT2D eigenvalue weighted by atomic mass is 10.0. The highest BCUT2D eigenvalue weighted by Crippen LogP contribution is 2.35. The summed E-state index contributed by atoms with van der Waals surface area (Å²) >= 11 is 0. The van der Waals surface area contributed by atoms with Gasteiger partial charge < -0.3 is 14.8 Å². The number of hydrogen-bond donors (Lipinski definition) is 1. The molecule has 0 saturated heterocycles. The summed E-state index contributed by atoms with van der Waals surface area (Å²) in [5, 5.41) is 2.81. The van der Waals surface area contributed by atoms with Crippen molar-refractivity contribution in [3.8, 4) is 11.5 Å². The van der Waals surface area contributed by atoms with Gasteiger partial charge in [-0.05, 0) is 30.9 Å². The second-order valence-electron chi connectivity index (χ2n) is 4.44. The summed E-state index contributed by atoms with van der Waals surface area (Å²) < 4.78 is 11.3. The lowest BCUT2D eigenvalue weighted by molar-refractivity contribution is -0.114. The maximum absolute atomic E-state index is 11.2. The van der Waals surface area contributed by atoms with Crippen LogP contribution < -0.4 is 14.8 Å². The van der Waals surface area contributed by atoms with Crippen LogP contribution in [0, 0.1) is 0 Å². The summed E-state index contributed by atoms with van der Waals surface area (Å²) in [7, 11) is 0. The van der Waals surface area contributed by atoms with Crippen LogP contribution >= 0.6 is 0 Å². The first kappa shape index (κ1) is 12.7. The van der Waals surface area contributed by atoms with Crippen molar-refractivity contribution in [3.05, 3.63) is 17.7 Å². The average molecular weight is 249 g/mol. The molecule has 0 unspecified atom stereocenters. The Hall–Kier alpha value is -1.71. The fourth-order valence-corrected chi connectivity index (χ4v) is 2.00. The molecular weight excluding hydrogens is 230 g/mol. The third-order valence-corrected chi connectivity index (χ3v) is 2.78. The number of aryl methyl sites for hydroxylation is 1. The molecule has 0 bridgehead atoms. The summed E-state index contributed by atoms with van der Waals surface area (Å²) in [6.45, 7) is 4.93. The summed E-state index contributed by atoms with van der Waals surface area (Å²) in [6, 6.07) is 3.84. The Kier molecular flexibility index (Phi) is 4.07. The van der Waals surface area contributed by atoms with Crippen molar-refractivity contribution in [2.24, 2.45) is 0 Å². The van der Waals surface area contributed by atoms with E-state index in [2.05, 4.69) is 5.32 Å². The van der Waals surface area contributed by atoms with Gasteiger partial charge in [-0.25, -0.2) is 0 Å². The number of hydrogen-bond acceptors (Lipinski definition) is 3. The lowest BCUT2D eigenvalue weighted by Crippen LogP contribution is -2.12. The van der Waals surface area contributed by atoms with E-state index in [0.29, 0.717) is 12.4 Å². The number of carbonyl (C=O) groups excluding carboxylic acids is 1. The quantitative estimate of drug-likeness (QED) is 0.892. The van der Waals surface area contributed by atoms with Gasteiger partial charge in [0.15, 0.2) is 0 Å². The molecule has 0 aliphatic carbocycles. The topological polar surface area (TPSA) is 47.6 Å². The summed E-state index contributed by atoms with van der Waals surface area (Å²) in [5.41, 5.74) is 1.87. The third-order valence-electron chi connectivity index (χ3n) is 2.78. The number of amides is 1.